The van der Waals surface area contributed by atoms with E-state index in [-0.39, 0.29) is 17.4 Å². The Kier molecular flexibility index (Phi) is 5.31. The van der Waals surface area contributed by atoms with Gasteiger partial charge in [0.1, 0.15) is 5.01 Å². The van der Waals surface area contributed by atoms with Crippen molar-refractivity contribution in [2.75, 3.05) is 13.1 Å². The molecule has 2 aliphatic rings. The lowest BCUT2D eigenvalue weighted by molar-refractivity contribution is -0.129. The van der Waals surface area contributed by atoms with E-state index in [1.54, 1.807) is 17.5 Å². The first-order valence-corrected chi connectivity index (χ1v) is 10.5. The van der Waals surface area contributed by atoms with Crippen LogP contribution < -0.4 is 5.32 Å². The zero-order chi connectivity index (χ0) is 17.8. The maximum Gasteiger partial charge on any atom is 0.225 e. The van der Waals surface area contributed by atoms with Gasteiger partial charge in [0.15, 0.2) is 0 Å². The summed E-state index contributed by atoms with van der Waals surface area (Å²) in [5.41, 5.74) is 0.986. The molecule has 1 amide bonds. The van der Waals surface area contributed by atoms with Gasteiger partial charge in [0.25, 0.3) is 0 Å². The summed E-state index contributed by atoms with van der Waals surface area (Å²) in [5, 5.41) is 6.51. The number of piperidine rings is 1. The molecule has 6 heteroatoms. The summed E-state index contributed by atoms with van der Waals surface area (Å²) < 4.78 is 0. The van der Waals surface area contributed by atoms with E-state index in [9.17, 15) is 4.79 Å². The first-order valence-electron chi connectivity index (χ1n) is 9.58. The predicted octanol–water partition coefficient (Wildman–Crippen LogP) is 3.34. The van der Waals surface area contributed by atoms with E-state index in [0.29, 0.717) is 0 Å². The first kappa shape index (κ1) is 17.6. The molecule has 1 aliphatic heterocycles. The van der Waals surface area contributed by atoms with Crippen LogP contribution in [0.2, 0.25) is 0 Å². The van der Waals surface area contributed by atoms with Crippen LogP contribution in [0.4, 0.5) is 0 Å². The normalized spacial score (nSPS) is 23.0. The Morgan fingerprint density at radius 3 is 2.92 bits per heavy atom. The smallest absolute Gasteiger partial charge is 0.225 e. The lowest BCUT2D eigenvalue weighted by Gasteiger charge is -2.35. The molecule has 5 nitrogen and oxygen atoms in total. The molecule has 0 bridgehead atoms. The van der Waals surface area contributed by atoms with Crippen molar-refractivity contribution < 1.29 is 4.79 Å². The third-order valence-corrected chi connectivity index (χ3v) is 6.64. The Morgan fingerprint density at radius 2 is 2.19 bits per heavy atom. The van der Waals surface area contributed by atoms with Crippen molar-refractivity contribution in [2.24, 2.45) is 5.92 Å². The highest BCUT2D eigenvalue weighted by Gasteiger charge is 2.41. The summed E-state index contributed by atoms with van der Waals surface area (Å²) in [6.45, 7) is 2.75. The molecule has 138 valence electrons. The zero-order valence-corrected chi connectivity index (χ0v) is 15.9. The van der Waals surface area contributed by atoms with Gasteiger partial charge in [0.05, 0.1) is 11.5 Å². The van der Waals surface area contributed by atoms with E-state index in [0.717, 1.165) is 63.2 Å². The molecule has 1 N–H and O–H groups in total. The summed E-state index contributed by atoms with van der Waals surface area (Å²) in [5.74, 6) is 0.274. The quantitative estimate of drug-likeness (QED) is 0.877. The summed E-state index contributed by atoms with van der Waals surface area (Å²) >= 11 is 1.67. The van der Waals surface area contributed by atoms with Gasteiger partial charge in [0.2, 0.25) is 5.91 Å². The fraction of sp³-hybridized carbons (Fsp3) is 0.550. The molecule has 1 aliphatic carbocycles. The van der Waals surface area contributed by atoms with E-state index in [2.05, 4.69) is 26.3 Å². The molecule has 1 saturated carbocycles. The number of rotatable bonds is 5. The molecule has 0 aromatic carbocycles. The van der Waals surface area contributed by atoms with Crippen molar-refractivity contribution in [3.05, 3.63) is 46.7 Å². The average molecular weight is 371 g/mol. The number of likely N-dealkylation sites (tertiary alicyclic amines) is 1. The first-order chi connectivity index (χ1) is 12.8. The second-order valence-electron chi connectivity index (χ2n) is 7.55. The second kappa shape index (κ2) is 7.84. The number of hydrogen-bond acceptors (Lipinski definition) is 5. The molecule has 2 fully saturated rings. The molecule has 1 saturated heterocycles. The van der Waals surface area contributed by atoms with Crippen LogP contribution in [0.5, 0.6) is 0 Å². The molecule has 4 rings (SSSR count). The third-order valence-electron chi connectivity index (χ3n) is 5.67. The van der Waals surface area contributed by atoms with Crippen LogP contribution >= 0.6 is 11.3 Å². The molecule has 2 aromatic heterocycles. The molecular weight excluding hydrogens is 344 g/mol. The number of nitrogens with zero attached hydrogens (tertiary/aromatic N) is 3. The number of amides is 1. The number of carbonyl (C=O) groups is 1. The average Bonchev–Trinajstić information content (AvgIpc) is 3.35. The molecule has 26 heavy (non-hydrogen) atoms. The van der Waals surface area contributed by atoms with Crippen molar-refractivity contribution in [1.29, 1.82) is 0 Å². The van der Waals surface area contributed by atoms with Gasteiger partial charge in [0, 0.05) is 37.1 Å². The monoisotopic (exact) mass is 370 g/mol. The maximum atomic E-state index is 13.1. The standard InChI is InChI=1S/C20H26N4OS/c25-18(23-20(7-1-2-8-20)19-22-10-12-26-19)17-6-4-11-24(15-17)14-16-5-3-9-21-13-16/h3,5,9-10,12-13,17H,1-2,4,6-8,11,14-15H2,(H,23,25). The minimum atomic E-state index is -0.225. The van der Waals surface area contributed by atoms with Crippen LogP contribution in [0.1, 0.15) is 49.1 Å². The molecule has 2 aromatic rings. The van der Waals surface area contributed by atoms with Crippen LogP contribution in [0, 0.1) is 5.92 Å². The van der Waals surface area contributed by atoms with Gasteiger partial charge in [-0.25, -0.2) is 4.98 Å². The van der Waals surface area contributed by atoms with Crippen LogP contribution in [0.25, 0.3) is 0 Å². The lowest BCUT2D eigenvalue weighted by atomic mass is 9.93. The largest absolute Gasteiger partial charge is 0.344 e. The third kappa shape index (κ3) is 3.81. The molecule has 1 atom stereocenters. The Bertz CT molecular complexity index is 713. The van der Waals surface area contributed by atoms with Crippen LogP contribution in [-0.4, -0.2) is 33.9 Å². The van der Waals surface area contributed by atoms with Crippen molar-refractivity contribution in [2.45, 2.75) is 50.6 Å². The second-order valence-corrected chi connectivity index (χ2v) is 8.45. The number of thiazole rings is 1. The Morgan fingerprint density at radius 1 is 1.31 bits per heavy atom. The highest BCUT2D eigenvalue weighted by molar-refractivity contribution is 7.09. The highest BCUT2D eigenvalue weighted by Crippen LogP contribution is 2.40. The fourth-order valence-corrected chi connectivity index (χ4v) is 5.18. The summed E-state index contributed by atoms with van der Waals surface area (Å²) in [6.07, 6.45) is 12.0. The summed E-state index contributed by atoms with van der Waals surface area (Å²) in [7, 11) is 0. The van der Waals surface area contributed by atoms with E-state index < -0.39 is 0 Å². The fourth-order valence-electron chi connectivity index (χ4n) is 4.33. The lowest BCUT2D eigenvalue weighted by Crippen LogP contribution is -2.50. The Labute approximate surface area is 158 Å². The van der Waals surface area contributed by atoms with Crippen LogP contribution in [0.3, 0.4) is 0 Å². The molecular formula is C20H26N4OS. The highest BCUT2D eigenvalue weighted by atomic mass is 32.1. The predicted molar refractivity (Wildman–Crippen MR) is 103 cm³/mol. The topological polar surface area (TPSA) is 58.1 Å². The van der Waals surface area contributed by atoms with Gasteiger partial charge in [-0.3, -0.25) is 14.7 Å². The molecule has 1 unspecified atom stereocenters. The van der Waals surface area contributed by atoms with Gasteiger partial charge < -0.3 is 5.32 Å². The van der Waals surface area contributed by atoms with Gasteiger partial charge in [-0.05, 0) is 43.9 Å². The van der Waals surface area contributed by atoms with Gasteiger partial charge in [-0.15, -0.1) is 11.3 Å². The number of carbonyl (C=O) groups excluding carboxylic acids is 1. The van der Waals surface area contributed by atoms with Gasteiger partial charge >= 0.3 is 0 Å². The number of hydrogen-bond donors (Lipinski definition) is 1. The minimum absolute atomic E-state index is 0.0675. The van der Waals surface area contributed by atoms with Gasteiger partial charge in [-0.1, -0.05) is 18.9 Å². The van der Waals surface area contributed by atoms with Crippen molar-refractivity contribution in [3.63, 3.8) is 0 Å². The number of nitrogens with one attached hydrogen (secondary N) is 1. The van der Waals surface area contributed by atoms with Crippen molar-refractivity contribution >= 4 is 17.2 Å². The number of pyridine rings is 1. The Hall–Kier alpha value is -1.79. The Balaban J connectivity index is 1.41. The van der Waals surface area contributed by atoms with E-state index in [1.807, 2.05) is 23.8 Å². The van der Waals surface area contributed by atoms with E-state index in [1.165, 1.54) is 5.56 Å². The number of aromatic nitrogens is 2. The maximum absolute atomic E-state index is 13.1. The van der Waals surface area contributed by atoms with Crippen molar-refractivity contribution in [1.82, 2.24) is 20.2 Å². The minimum Gasteiger partial charge on any atom is -0.344 e. The van der Waals surface area contributed by atoms with Gasteiger partial charge in [-0.2, -0.15) is 0 Å². The molecule has 0 radical (unpaired) electrons. The molecule has 3 heterocycles. The summed E-state index contributed by atoms with van der Waals surface area (Å²) in [6, 6.07) is 4.08. The SMILES string of the molecule is O=C(NC1(c2nccs2)CCCC1)C1CCCN(Cc2cccnc2)C1. The van der Waals surface area contributed by atoms with E-state index >= 15 is 0 Å². The summed E-state index contributed by atoms with van der Waals surface area (Å²) in [4.78, 5) is 24.2. The zero-order valence-electron chi connectivity index (χ0n) is 15.1. The van der Waals surface area contributed by atoms with Crippen LogP contribution in [-0.2, 0) is 16.9 Å². The van der Waals surface area contributed by atoms with Crippen LogP contribution in [0.15, 0.2) is 36.1 Å². The van der Waals surface area contributed by atoms with E-state index in [4.69, 9.17) is 0 Å². The van der Waals surface area contributed by atoms with Crippen molar-refractivity contribution in [3.8, 4) is 0 Å². The molecule has 0 spiro atoms.